The first kappa shape index (κ1) is 15.4. The Morgan fingerprint density at radius 3 is 2.71 bits per heavy atom. The van der Waals surface area contributed by atoms with Gasteiger partial charge in [0.1, 0.15) is 24.0 Å². The molecule has 5 heteroatoms. The summed E-state index contributed by atoms with van der Waals surface area (Å²) in [5, 5.41) is 0. The monoisotopic (exact) mass is 292 g/mol. The van der Waals surface area contributed by atoms with Crippen molar-refractivity contribution in [2.45, 2.75) is 32.4 Å². The predicted octanol–water partition coefficient (Wildman–Crippen LogP) is 3.22. The van der Waals surface area contributed by atoms with Gasteiger partial charge < -0.3 is 10.5 Å². The van der Waals surface area contributed by atoms with Crippen LogP contribution in [0.2, 0.25) is 0 Å². The predicted molar refractivity (Wildman–Crippen MR) is 76.9 cm³/mol. The van der Waals surface area contributed by atoms with Crippen LogP contribution in [0.15, 0.2) is 36.7 Å². The second kappa shape index (κ2) is 7.13. The molecule has 0 fully saturated rings. The third-order valence-corrected chi connectivity index (χ3v) is 3.18. The van der Waals surface area contributed by atoms with Crippen molar-refractivity contribution in [3.05, 3.63) is 59.4 Å². The molecule has 2 N–H and O–H groups in total. The Balaban J connectivity index is 2.11. The molecule has 1 unspecified atom stereocenters. The molecule has 1 heterocycles. The molecule has 1 atom stereocenters. The summed E-state index contributed by atoms with van der Waals surface area (Å²) < 4.78 is 32.1. The minimum Gasteiger partial charge on any atom is -0.489 e. The normalized spacial score (nSPS) is 12.2. The van der Waals surface area contributed by atoms with Gasteiger partial charge >= 0.3 is 0 Å². The summed E-state index contributed by atoms with van der Waals surface area (Å²) in [6.45, 7) is 2.15. The summed E-state index contributed by atoms with van der Waals surface area (Å²) >= 11 is 0. The zero-order chi connectivity index (χ0) is 15.2. The van der Waals surface area contributed by atoms with Crippen LogP contribution < -0.4 is 10.5 Å². The van der Waals surface area contributed by atoms with E-state index in [4.69, 9.17) is 10.5 Å². The van der Waals surface area contributed by atoms with E-state index in [1.807, 2.05) is 6.92 Å². The van der Waals surface area contributed by atoms with Gasteiger partial charge in [-0.05, 0) is 42.7 Å². The van der Waals surface area contributed by atoms with Crippen molar-refractivity contribution in [2.24, 2.45) is 5.73 Å². The number of hydrogen-bond acceptors (Lipinski definition) is 3. The van der Waals surface area contributed by atoms with Gasteiger partial charge in [0.25, 0.3) is 0 Å². The van der Waals surface area contributed by atoms with Gasteiger partial charge in [0.2, 0.25) is 0 Å². The summed E-state index contributed by atoms with van der Waals surface area (Å²) in [4.78, 5) is 3.76. The van der Waals surface area contributed by atoms with E-state index in [1.54, 1.807) is 6.07 Å². The van der Waals surface area contributed by atoms with Gasteiger partial charge in [-0.2, -0.15) is 0 Å². The molecule has 112 valence electrons. The second-order valence-electron chi connectivity index (χ2n) is 4.92. The largest absolute Gasteiger partial charge is 0.489 e. The maximum Gasteiger partial charge on any atom is 0.141 e. The number of benzene rings is 1. The van der Waals surface area contributed by atoms with E-state index in [0.717, 1.165) is 12.6 Å². The molecule has 2 aromatic rings. The molecule has 3 nitrogen and oxygen atoms in total. The summed E-state index contributed by atoms with van der Waals surface area (Å²) in [5.74, 6) is -0.180. The third kappa shape index (κ3) is 4.49. The molecule has 0 radical (unpaired) electrons. The number of aromatic nitrogens is 1. The first-order valence-electron chi connectivity index (χ1n) is 6.84. The lowest BCUT2D eigenvalue weighted by Gasteiger charge is -2.14. The van der Waals surface area contributed by atoms with Gasteiger partial charge in [-0.15, -0.1) is 0 Å². The molecule has 0 aliphatic carbocycles. The summed E-state index contributed by atoms with van der Waals surface area (Å²) in [7, 11) is 0. The summed E-state index contributed by atoms with van der Waals surface area (Å²) in [6.07, 6.45) is 3.99. The maximum absolute atomic E-state index is 13.4. The molecule has 0 aliphatic rings. The highest BCUT2D eigenvalue weighted by atomic mass is 19.1. The minimum atomic E-state index is -0.413. The maximum atomic E-state index is 13.4. The molecule has 0 spiro atoms. The third-order valence-electron chi connectivity index (χ3n) is 3.18. The van der Waals surface area contributed by atoms with Gasteiger partial charge in [0.05, 0.1) is 6.20 Å². The highest BCUT2D eigenvalue weighted by Gasteiger charge is 2.10. The number of halogens is 2. The number of hydrogen-bond donors (Lipinski definition) is 1. The lowest BCUT2D eigenvalue weighted by molar-refractivity contribution is 0.300. The lowest BCUT2D eigenvalue weighted by atomic mass is 10.0. The smallest absolute Gasteiger partial charge is 0.141 e. The Kier molecular flexibility index (Phi) is 5.22. The van der Waals surface area contributed by atoms with Crippen molar-refractivity contribution >= 4 is 0 Å². The zero-order valence-corrected chi connectivity index (χ0v) is 11.9. The Labute approximate surface area is 122 Å². The molecule has 0 amide bonds. The number of nitrogens with two attached hydrogens (primary N) is 1. The highest BCUT2D eigenvalue weighted by Crippen LogP contribution is 2.22. The van der Waals surface area contributed by atoms with Crippen LogP contribution in [0.1, 0.15) is 24.5 Å². The van der Waals surface area contributed by atoms with E-state index in [9.17, 15) is 8.78 Å². The van der Waals surface area contributed by atoms with E-state index < -0.39 is 5.82 Å². The fraction of sp³-hybridized carbons (Fsp3) is 0.312. The Morgan fingerprint density at radius 1 is 1.19 bits per heavy atom. The topological polar surface area (TPSA) is 48.1 Å². The molecule has 2 rings (SSSR count). The van der Waals surface area contributed by atoms with Crippen LogP contribution in [-0.4, -0.2) is 11.0 Å². The number of rotatable bonds is 6. The molecule has 0 aliphatic heterocycles. The summed E-state index contributed by atoms with van der Waals surface area (Å²) in [6, 6.07) is 5.63. The van der Waals surface area contributed by atoms with Crippen LogP contribution in [0.5, 0.6) is 5.75 Å². The van der Waals surface area contributed by atoms with Crippen LogP contribution in [0.3, 0.4) is 0 Å². The van der Waals surface area contributed by atoms with Crippen LogP contribution in [0, 0.1) is 11.6 Å². The van der Waals surface area contributed by atoms with Gasteiger partial charge in [0.15, 0.2) is 0 Å². The summed E-state index contributed by atoms with van der Waals surface area (Å²) in [5.41, 5.74) is 7.25. The standard InChI is InChI=1S/C16H18F2N2O/c1-2-15(19)7-12-6-13(17)3-4-16(12)21-10-11-5-14(18)9-20-8-11/h3-6,8-9,15H,2,7,10,19H2,1H3. The average Bonchev–Trinajstić information content (AvgIpc) is 2.46. The lowest BCUT2D eigenvalue weighted by Crippen LogP contribution is -2.21. The van der Waals surface area contributed by atoms with Crippen LogP contribution in [-0.2, 0) is 13.0 Å². The molecule has 1 aromatic heterocycles. The van der Waals surface area contributed by atoms with Crippen molar-refractivity contribution in [1.29, 1.82) is 0 Å². The minimum absolute atomic E-state index is 0.0509. The second-order valence-corrected chi connectivity index (χ2v) is 4.92. The molecular weight excluding hydrogens is 274 g/mol. The van der Waals surface area contributed by atoms with Gasteiger partial charge in [-0.3, -0.25) is 4.98 Å². The van der Waals surface area contributed by atoms with E-state index in [0.29, 0.717) is 23.3 Å². The number of pyridine rings is 1. The van der Waals surface area contributed by atoms with E-state index in [-0.39, 0.29) is 18.5 Å². The number of ether oxygens (including phenoxy) is 1. The van der Waals surface area contributed by atoms with Crippen molar-refractivity contribution in [2.75, 3.05) is 0 Å². The fourth-order valence-corrected chi connectivity index (χ4v) is 1.97. The van der Waals surface area contributed by atoms with Gasteiger partial charge in [-0.1, -0.05) is 6.92 Å². The quantitative estimate of drug-likeness (QED) is 0.889. The molecule has 21 heavy (non-hydrogen) atoms. The van der Waals surface area contributed by atoms with Crippen molar-refractivity contribution in [3.8, 4) is 5.75 Å². The van der Waals surface area contributed by atoms with Crippen molar-refractivity contribution in [1.82, 2.24) is 4.98 Å². The molecule has 0 saturated heterocycles. The van der Waals surface area contributed by atoms with Crippen molar-refractivity contribution < 1.29 is 13.5 Å². The van der Waals surface area contributed by atoms with E-state index in [1.165, 1.54) is 24.4 Å². The SMILES string of the molecule is CCC(N)Cc1cc(F)ccc1OCc1cncc(F)c1. The number of nitrogens with zero attached hydrogens (tertiary/aromatic N) is 1. The zero-order valence-electron chi connectivity index (χ0n) is 11.9. The van der Waals surface area contributed by atoms with E-state index in [2.05, 4.69) is 4.98 Å². The van der Waals surface area contributed by atoms with E-state index >= 15 is 0 Å². The van der Waals surface area contributed by atoms with Gasteiger partial charge in [-0.25, -0.2) is 8.78 Å². The molecular formula is C16H18F2N2O. The van der Waals surface area contributed by atoms with Crippen LogP contribution in [0.25, 0.3) is 0 Å². The average molecular weight is 292 g/mol. The van der Waals surface area contributed by atoms with Gasteiger partial charge in [0, 0.05) is 17.8 Å². The highest BCUT2D eigenvalue weighted by molar-refractivity contribution is 5.35. The first-order chi connectivity index (χ1) is 10.1. The molecule has 0 bridgehead atoms. The van der Waals surface area contributed by atoms with Crippen molar-refractivity contribution in [3.63, 3.8) is 0 Å². The van der Waals surface area contributed by atoms with Crippen LogP contribution in [0.4, 0.5) is 8.78 Å². The molecule has 0 saturated carbocycles. The fourth-order valence-electron chi connectivity index (χ4n) is 1.97. The molecule has 1 aromatic carbocycles. The Hall–Kier alpha value is -2.01. The first-order valence-corrected chi connectivity index (χ1v) is 6.84. The Morgan fingerprint density at radius 2 is 2.00 bits per heavy atom. The Bertz CT molecular complexity index is 605. The van der Waals surface area contributed by atoms with Crippen LogP contribution >= 0.6 is 0 Å².